The average Bonchev–Trinajstić information content (AvgIpc) is 2.70. The van der Waals surface area contributed by atoms with Gasteiger partial charge in [0.05, 0.1) is 12.1 Å². The lowest BCUT2D eigenvalue weighted by atomic mass is 10.0. The molecule has 0 amide bonds. The minimum atomic E-state index is 0.338. The Kier molecular flexibility index (Phi) is 4.04. The Balaban J connectivity index is 1.78. The van der Waals surface area contributed by atoms with E-state index in [2.05, 4.69) is 17.2 Å². The Hall–Kier alpha value is -0.770. The van der Waals surface area contributed by atoms with Crippen LogP contribution < -0.4 is 11.1 Å². The highest BCUT2D eigenvalue weighted by atomic mass is 16.5. The van der Waals surface area contributed by atoms with Gasteiger partial charge in [-0.15, -0.1) is 0 Å². The van der Waals surface area contributed by atoms with Crippen LogP contribution in [0.4, 0.5) is 0 Å². The molecule has 4 nitrogen and oxygen atoms in total. The van der Waals surface area contributed by atoms with Crippen molar-refractivity contribution in [2.75, 3.05) is 6.61 Å². The molecule has 1 aliphatic heterocycles. The number of nitrogens with zero attached hydrogens (tertiary/aromatic N) is 1. The van der Waals surface area contributed by atoms with E-state index in [1.54, 1.807) is 0 Å². The lowest BCUT2D eigenvalue weighted by molar-refractivity contribution is 0.0166. The molecule has 0 aromatic rings. The quantitative estimate of drug-likeness (QED) is 0.551. The van der Waals surface area contributed by atoms with Crippen LogP contribution in [0.1, 0.15) is 45.4 Å². The minimum Gasteiger partial charge on any atom is -0.378 e. The van der Waals surface area contributed by atoms with E-state index in [1.165, 1.54) is 25.7 Å². The molecule has 1 saturated heterocycles. The van der Waals surface area contributed by atoms with Crippen molar-refractivity contribution in [1.29, 1.82) is 0 Å². The number of nitrogens with two attached hydrogens (primary N) is 1. The summed E-state index contributed by atoms with van der Waals surface area (Å²) < 4.78 is 5.50. The van der Waals surface area contributed by atoms with E-state index in [1.807, 2.05) is 0 Å². The molecule has 16 heavy (non-hydrogen) atoms. The molecule has 2 rings (SSSR count). The number of ether oxygens (including phenoxy) is 1. The fourth-order valence-corrected chi connectivity index (χ4v) is 2.61. The van der Waals surface area contributed by atoms with Gasteiger partial charge in [0, 0.05) is 12.6 Å². The van der Waals surface area contributed by atoms with Crippen LogP contribution in [0.15, 0.2) is 4.99 Å². The average molecular weight is 225 g/mol. The van der Waals surface area contributed by atoms with Crippen LogP contribution >= 0.6 is 0 Å². The molecule has 2 aliphatic rings. The highest BCUT2D eigenvalue weighted by Gasteiger charge is 2.20. The van der Waals surface area contributed by atoms with Crippen molar-refractivity contribution < 1.29 is 4.74 Å². The summed E-state index contributed by atoms with van der Waals surface area (Å²) in [7, 11) is 0. The number of hydrogen-bond donors (Lipinski definition) is 2. The van der Waals surface area contributed by atoms with E-state index in [-0.39, 0.29) is 0 Å². The molecule has 0 bridgehead atoms. The molecule has 1 saturated carbocycles. The van der Waals surface area contributed by atoms with Gasteiger partial charge in [0.25, 0.3) is 0 Å². The molecule has 92 valence electrons. The Morgan fingerprint density at radius 1 is 1.31 bits per heavy atom. The summed E-state index contributed by atoms with van der Waals surface area (Å²) in [6.45, 7) is 2.94. The third-order valence-electron chi connectivity index (χ3n) is 3.48. The summed E-state index contributed by atoms with van der Waals surface area (Å²) in [6.07, 6.45) is 7.40. The molecule has 0 spiro atoms. The molecule has 2 fully saturated rings. The van der Waals surface area contributed by atoms with E-state index in [9.17, 15) is 0 Å². The topological polar surface area (TPSA) is 59.6 Å². The van der Waals surface area contributed by atoms with Gasteiger partial charge in [0.2, 0.25) is 0 Å². The predicted octanol–water partition coefficient (Wildman–Crippen LogP) is 1.40. The Morgan fingerprint density at radius 2 is 2.06 bits per heavy atom. The first kappa shape index (κ1) is 11.7. The van der Waals surface area contributed by atoms with Crippen LogP contribution in [0.5, 0.6) is 0 Å². The monoisotopic (exact) mass is 225 g/mol. The van der Waals surface area contributed by atoms with E-state index in [0.717, 1.165) is 19.4 Å². The zero-order valence-electron chi connectivity index (χ0n) is 10.1. The normalized spacial score (nSPS) is 32.9. The first-order valence-electron chi connectivity index (χ1n) is 6.45. The summed E-state index contributed by atoms with van der Waals surface area (Å²) in [6, 6.07) is 0.902. The molecule has 2 unspecified atom stereocenters. The first-order chi connectivity index (χ1) is 7.74. The van der Waals surface area contributed by atoms with Crippen molar-refractivity contribution in [1.82, 2.24) is 5.32 Å². The van der Waals surface area contributed by atoms with Crippen molar-refractivity contribution in [2.45, 2.75) is 63.6 Å². The van der Waals surface area contributed by atoms with Crippen LogP contribution in [0.3, 0.4) is 0 Å². The smallest absolute Gasteiger partial charge is 0.189 e. The van der Waals surface area contributed by atoms with E-state index in [4.69, 9.17) is 10.5 Å². The Morgan fingerprint density at radius 3 is 2.75 bits per heavy atom. The lowest BCUT2D eigenvalue weighted by Gasteiger charge is -2.28. The highest BCUT2D eigenvalue weighted by molar-refractivity contribution is 5.78. The number of rotatable bonds is 2. The fraction of sp³-hybridized carbons (Fsp3) is 0.917. The number of nitrogens with one attached hydrogen (secondary N) is 1. The van der Waals surface area contributed by atoms with Gasteiger partial charge in [-0.1, -0.05) is 12.8 Å². The molecular formula is C12H23N3O. The summed E-state index contributed by atoms with van der Waals surface area (Å²) >= 11 is 0. The fourth-order valence-electron chi connectivity index (χ4n) is 2.61. The summed E-state index contributed by atoms with van der Waals surface area (Å²) in [5.74, 6) is 0.631. The van der Waals surface area contributed by atoms with Gasteiger partial charge in [-0.05, 0) is 32.6 Å². The molecule has 1 aliphatic carbocycles. The Labute approximate surface area is 97.6 Å². The van der Waals surface area contributed by atoms with Crippen molar-refractivity contribution in [3.8, 4) is 0 Å². The number of aliphatic imine (C=N–C) groups is 1. The maximum atomic E-state index is 5.93. The van der Waals surface area contributed by atoms with Crippen molar-refractivity contribution in [2.24, 2.45) is 10.7 Å². The zero-order valence-corrected chi connectivity index (χ0v) is 10.1. The summed E-state index contributed by atoms with van der Waals surface area (Å²) in [4.78, 5) is 4.54. The van der Waals surface area contributed by atoms with Gasteiger partial charge < -0.3 is 15.8 Å². The maximum absolute atomic E-state index is 5.93. The van der Waals surface area contributed by atoms with Gasteiger partial charge in [-0.2, -0.15) is 0 Å². The van der Waals surface area contributed by atoms with Crippen molar-refractivity contribution >= 4 is 5.96 Å². The van der Waals surface area contributed by atoms with Crippen LogP contribution in [0.2, 0.25) is 0 Å². The van der Waals surface area contributed by atoms with Gasteiger partial charge in [-0.25, -0.2) is 0 Å². The largest absolute Gasteiger partial charge is 0.378 e. The van der Waals surface area contributed by atoms with Crippen LogP contribution in [0.25, 0.3) is 0 Å². The van der Waals surface area contributed by atoms with Gasteiger partial charge in [-0.3, -0.25) is 4.99 Å². The van der Waals surface area contributed by atoms with E-state index < -0.39 is 0 Å². The maximum Gasteiger partial charge on any atom is 0.189 e. The number of hydrogen-bond acceptors (Lipinski definition) is 2. The standard InChI is InChI=1S/C12H23N3O/c1-9-8-11(6-7-16-9)15-12(13)14-10-4-2-3-5-10/h9-11H,2-8H2,1H3,(H3,13,14,15). The molecule has 2 atom stereocenters. The molecule has 0 radical (unpaired) electrons. The lowest BCUT2D eigenvalue weighted by Crippen LogP contribution is -2.45. The molecular weight excluding hydrogens is 202 g/mol. The second-order valence-electron chi connectivity index (χ2n) is 5.00. The Bertz CT molecular complexity index is 249. The van der Waals surface area contributed by atoms with Crippen LogP contribution in [-0.2, 0) is 4.74 Å². The molecule has 0 aromatic heterocycles. The molecule has 3 N–H and O–H groups in total. The van der Waals surface area contributed by atoms with Crippen molar-refractivity contribution in [3.05, 3.63) is 0 Å². The predicted molar refractivity (Wildman–Crippen MR) is 65.5 cm³/mol. The highest BCUT2D eigenvalue weighted by Crippen LogP contribution is 2.20. The first-order valence-corrected chi connectivity index (χ1v) is 6.45. The van der Waals surface area contributed by atoms with Crippen molar-refractivity contribution in [3.63, 3.8) is 0 Å². The molecule has 4 heteroatoms. The number of guanidine groups is 1. The van der Waals surface area contributed by atoms with Gasteiger partial charge >= 0.3 is 0 Å². The minimum absolute atomic E-state index is 0.338. The summed E-state index contributed by atoms with van der Waals surface area (Å²) in [5.41, 5.74) is 5.93. The van der Waals surface area contributed by atoms with Crippen LogP contribution in [-0.4, -0.2) is 30.8 Å². The second-order valence-corrected chi connectivity index (χ2v) is 5.00. The van der Waals surface area contributed by atoms with Gasteiger partial charge in [0.1, 0.15) is 0 Å². The van der Waals surface area contributed by atoms with E-state index >= 15 is 0 Å². The molecule has 1 heterocycles. The third-order valence-corrected chi connectivity index (χ3v) is 3.48. The third kappa shape index (κ3) is 3.37. The second kappa shape index (κ2) is 5.53. The van der Waals surface area contributed by atoms with E-state index in [0.29, 0.717) is 24.1 Å². The molecule has 0 aromatic carbocycles. The van der Waals surface area contributed by atoms with Crippen LogP contribution in [0, 0.1) is 0 Å². The zero-order chi connectivity index (χ0) is 11.4. The summed E-state index contributed by atoms with van der Waals surface area (Å²) in [5, 5.41) is 3.32. The SMILES string of the molecule is CC1CC(NC(N)=NC2CCCC2)CCO1. The van der Waals surface area contributed by atoms with Gasteiger partial charge in [0.15, 0.2) is 5.96 Å².